The van der Waals surface area contributed by atoms with Gasteiger partial charge in [0.05, 0.1) is 5.69 Å². The molecule has 0 unspecified atom stereocenters. The lowest BCUT2D eigenvalue weighted by molar-refractivity contribution is 0.867. The Morgan fingerprint density at radius 1 is 1.10 bits per heavy atom. The van der Waals surface area contributed by atoms with Gasteiger partial charge in [-0.1, -0.05) is 45.0 Å². The number of hydrogen-bond acceptors (Lipinski definition) is 3. The molecule has 20 heavy (non-hydrogen) atoms. The van der Waals surface area contributed by atoms with Crippen LogP contribution in [0.25, 0.3) is 11.3 Å². The smallest absolute Gasteiger partial charge is 0.130 e. The van der Waals surface area contributed by atoms with E-state index in [0.29, 0.717) is 5.92 Å². The lowest BCUT2D eigenvalue weighted by Gasteiger charge is -2.09. The van der Waals surface area contributed by atoms with E-state index in [1.807, 2.05) is 13.0 Å². The van der Waals surface area contributed by atoms with Crippen LogP contribution in [0.1, 0.15) is 44.5 Å². The highest BCUT2D eigenvalue weighted by Gasteiger charge is 2.05. The summed E-state index contributed by atoms with van der Waals surface area (Å²) in [5, 5.41) is 3.32. The fourth-order valence-corrected chi connectivity index (χ4v) is 2.10. The molecule has 0 aliphatic carbocycles. The van der Waals surface area contributed by atoms with E-state index < -0.39 is 0 Å². The highest BCUT2D eigenvalue weighted by atomic mass is 15.0. The second-order valence-corrected chi connectivity index (χ2v) is 5.39. The summed E-state index contributed by atoms with van der Waals surface area (Å²) in [5.74, 6) is 2.26. The minimum Gasteiger partial charge on any atom is -0.370 e. The third-order valence-electron chi connectivity index (χ3n) is 3.27. The van der Waals surface area contributed by atoms with E-state index >= 15 is 0 Å². The molecule has 0 saturated heterocycles. The van der Waals surface area contributed by atoms with Crippen molar-refractivity contribution >= 4 is 5.82 Å². The van der Waals surface area contributed by atoms with Gasteiger partial charge in [-0.2, -0.15) is 0 Å². The molecule has 0 fully saturated rings. The Kier molecular flexibility index (Phi) is 4.72. The number of hydrogen-bond donors (Lipinski definition) is 1. The minimum atomic E-state index is 0.554. The molecule has 1 aromatic heterocycles. The molecule has 0 aliphatic rings. The van der Waals surface area contributed by atoms with E-state index in [9.17, 15) is 0 Å². The van der Waals surface area contributed by atoms with Crippen molar-refractivity contribution in [2.45, 2.75) is 40.0 Å². The van der Waals surface area contributed by atoms with Crippen LogP contribution in [-0.2, 0) is 0 Å². The van der Waals surface area contributed by atoms with Gasteiger partial charge in [0, 0.05) is 18.2 Å². The molecule has 0 amide bonds. The SMILES string of the molecule is CCCNc1cc(-c2ccc(C(C)C)cc2)nc(C)n1. The first kappa shape index (κ1) is 14.5. The molecule has 2 rings (SSSR count). The molecule has 0 radical (unpaired) electrons. The van der Waals surface area contributed by atoms with Crippen LogP contribution in [0.2, 0.25) is 0 Å². The summed E-state index contributed by atoms with van der Waals surface area (Å²) < 4.78 is 0. The van der Waals surface area contributed by atoms with E-state index in [-0.39, 0.29) is 0 Å². The van der Waals surface area contributed by atoms with Crippen LogP contribution in [0.15, 0.2) is 30.3 Å². The normalized spacial score (nSPS) is 10.8. The van der Waals surface area contributed by atoms with E-state index in [0.717, 1.165) is 35.9 Å². The van der Waals surface area contributed by atoms with Gasteiger partial charge in [-0.3, -0.25) is 0 Å². The van der Waals surface area contributed by atoms with E-state index in [4.69, 9.17) is 0 Å². The maximum atomic E-state index is 4.54. The Morgan fingerprint density at radius 3 is 2.40 bits per heavy atom. The van der Waals surface area contributed by atoms with Gasteiger partial charge in [-0.15, -0.1) is 0 Å². The predicted octanol–water partition coefficient (Wildman–Crippen LogP) is 4.40. The van der Waals surface area contributed by atoms with Gasteiger partial charge >= 0.3 is 0 Å². The van der Waals surface area contributed by atoms with Crippen LogP contribution in [0.3, 0.4) is 0 Å². The third kappa shape index (κ3) is 3.56. The lowest BCUT2D eigenvalue weighted by Crippen LogP contribution is -2.04. The summed E-state index contributed by atoms with van der Waals surface area (Å²) in [6.45, 7) is 9.42. The number of aryl methyl sites for hydroxylation is 1. The number of nitrogens with one attached hydrogen (secondary N) is 1. The van der Waals surface area contributed by atoms with Gasteiger partial charge in [-0.05, 0) is 24.8 Å². The van der Waals surface area contributed by atoms with Crippen LogP contribution in [0.5, 0.6) is 0 Å². The summed E-state index contributed by atoms with van der Waals surface area (Å²) in [7, 11) is 0. The van der Waals surface area contributed by atoms with Crippen LogP contribution in [-0.4, -0.2) is 16.5 Å². The zero-order valence-electron chi connectivity index (χ0n) is 12.8. The average molecular weight is 269 g/mol. The number of anilines is 1. The van der Waals surface area contributed by atoms with Crippen molar-refractivity contribution in [3.63, 3.8) is 0 Å². The Labute approximate surface area is 121 Å². The molecule has 0 atom stereocenters. The first-order valence-electron chi connectivity index (χ1n) is 7.30. The van der Waals surface area contributed by atoms with Gasteiger partial charge in [-0.25, -0.2) is 9.97 Å². The molecule has 106 valence electrons. The molecular weight excluding hydrogens is 246 g/mol. The number of nitrogens with zero attached hydrogens (tertiary/aromatic N) is 2. The Hall–Kier alpha value is -1.90. The monoisotopic (exact) mass is 269 g/mol. The molecule has 1 N–H and O–H groups in total. The maximum absolute atomic E-state index is 4.54. The minimum absolute atomic E-state index is 0.554. The summed E-state index contributed by atoms with van der Waals surface area (Å²) in [5.41, 5.74) is 3.47. The van der Waals surface area contributed by atoms with Crippen molar-refractivity contribution < 1.29 is 0 Å². The van der Waals surface area contributed by atoms with Crippen molar-refractivity contribution in [2.75, 3.05) is 11.9 Å². The van der Waals surface area contributed by atoms with Gasteiger partial charge in [0.25, 0.3) is 0 Å². The van der Waals surface area contributed by atoms with Gasteiger partial charge in [0.1, 0.15) is 11.6 Å². The van der Waals surface area contributed by atoms with Crippen molar-refractivity contribution in [2.24, 2.45) is 0 Å². The van der Waals surface area contributed by atoms with E-state index in [1.54, 1.807) is 0 Å². The summed E-state index contributed by atoms with van der Waals surface area (Å²) >= 11 is 0. The quantitative estimate of drug-likeness (QED) is 0.874. The molecule has 0 aliphatic heterocycles. The molecule has 0 spiro atoms. The number of aromatic nitrogens is 2. The second kappa shape index (κ2) is 6.51. The lowest BCUT2D eigenvalue weighted by atomic mass is 10.0. The molecule has 1 aromatic carbocycles. The standard InChI is InChI=1S/C17H23N3/c1-5-10-18-17-11-16(19-13(4)20-17)15-8-6-14(7-9-15)12(2)3/h6-9,11-12H,5,10H2,1-4H3,(H,18,19,20). The summed E-state index contributed by atoms with van der Waals surface area (Å²) in [6, 6.07) is 10.7. The second-order valence-electron chi connectivity index (χ2n) is 5.39. The van der Waals surface area contributed by atoms with Gasteiger partial charge in [0.15, 0.2) is 0 Å². The zero-order valence-corrected chi connectivity index (χ0v) is 12.8. The van der Waals surface area contributed by atoms with Crippen LogP contribution < -0.4 is 5.32 Å². The summed E-state index contributed by atoms with van der Waals surface area (Å²) in [4.78, 5) is 8.96. The van der Waals surface area contributed by atoms with Crippen molar-refractivity contribution in [3.05, 3.63) is 41.7 Å². The van der Waals surface area contributed by atoms with Crippen molar-refractivity contribution in [3.8, 4) is 11.3 Å². The first-order valence-corrected chi connectivity index (χ1v) is 7.30. The van der Waals surface area contributed by atoms with E-state index in [1.165, 1.54) is 5.56 Å². The van der Waals surface area contributed by atoms with Crippen LogP contribution in [0, 0.1) is 6.92 Å². The van der Waals surface area contributed by atoms with Crippen LogP contribution >= 0.6 is 0 Å². The Morgan fingerprint density at radius 2 is 1.80 bits per heavy atom. The highest BCUT2D eigenvalue weighted by Crippen LogP contribution is 2.23. The molecule has 2 aromatic rings. The predicted molar refractivity (Wildman–Crippen MR) is 85.1 cm³/mol. The zero-order chi connectivity index (χ0) is 14.5. The molecule has 3 heteroatoms. The Balaban J connectivity index is 2.29. The molecule has 0 bridgehead atoms. The Bertz CT molecular complexity index is 559. The molecule has 3 nitrogen and oxygen atoms in total. The van der Waals surface area contributed by atoms with Crippen molar-refractivity contribution in [1.29, 1.82) is 0 Å². The number of benzene rings is 1. The topological polar surface area (TPSA) is 37.8 Å². The molecule has 0 saturated carbocycles. The van der Waals surface area contributed by atoms with Crippen molar-refractivity contribution in [1.82, 2.24) is 9.97 Å². The molecule has 1 heterocycles. The van der Waals surface area contributed by atoms with Crippen LogP contribution in [0.4, 0.5) is 5.82 Å². The summed E-state index contributed by atoms with van der Waals surface area (Å²) in [6.07, 6.45) is 1.08. The fourth-order valence-electron chi connectivity index (χ4n) is 2.10. The first-order chi connectivity index (χ1) is 9.60. The largest absolute Gasteiger partial charge is 0.370 e. The highest BCUT2D eigenvalue weighted by molar-refractivity contribution is 5.63. The van der Waals surface area contributed by atoms with Gasteiger partial charge in [0.2, 0.25) is 0 Å². The molecular formula is C17H23N3. The van der Waals surface area contributed by atoms with E-state index in [2.05, 4.69) is 60.3 Å². The number of rotatable bonds is 5. The fraction of sp³-hybridized carbons (Fsp3) is 0.412. The average Bonchev–Trinajstić information content (AvgIpc) is 2.44. The van der Waals surface area contributed by atoms with Gasteiger partial charge < -0.3 is 5.32 Å². The third-order valence-corrected chi connectivity index (χ3v) is 3.27. The maximum Gasteiger partial charge on any atom is 0.130 e.